The Labute approximate surface area is 101 Å². The zero-order valence-corrected chi connectivity index (χ0v) is 10.7. The summed E-state index contributed by atoms with van der Waals surface area (Å²) in [4.78, 5) is 4.63. The quantitative estimate of drug-likeness (QED) is 0.709. The smallest absolute Gasteiger partial charge is 0.0959 e. The molecule has 1 N–H and O–H groups in total. The number of rotatable bonds is 8. The van der Waals surface area contributed by atoms with E-state index in [2.05, 4.69) is 15.7 Å². The van der Waals surface area contributed by atoms with Crippen LogP contribution in [0.5, 0.6) is 0 Å². The average Bonchev–Trinajstić information content (AvgIpc) is 3.04. The molecule has 90 valence electrons. The minimum absolute atomic E-state index is 0.789. The third kappa shape index (κ3) is 3.85. The minimum Gasteiger partial charge on any atom is -0.382 e. The molecule has 16 heavy (non-hydrogen) atoms. The molecule has 0 spiro atoms. The van der Waals surface area contributed by atoms with E-state index in [-0.39, 0.29) is 0 Å². The fourth-order valence-corrected chi connectivity index (χ4v) is 2.57. The normalized spacial score (nSPS) is 15.6. The summed E-state index contributed by atoms with van der Waals surface area (Å²) in [7, 11) is 0. The van der Waals surface area contributed by atoms with Gasteiger partial charge in [0.15, 0.2) is 0 Å². The molecule has 0 atom stereocenters. The van der Waals surface area contributed by atoms with Gasteiger partial charge in [-0.2, -0.15) is 0 Å². The van der Waals surface area contributed by atoms with Crippen molar-refractivity contribution < 1.29 is 4.74 Å². The maximum absolute atomic E-state index is 5.28. The van der Waals surface area contributed by atoms with Crippen LogP contribution in [0.4, 0.5) is 0 Å². The van der Waals surface area contributed by atoms with Gasteiger partial charge in [0.25, 0.3) is 0 Å². The highest BCUT2D eigenvalue weighted by Gasteiger charge is 2.26. The highest BCUT2D eigenvalue weighted by atomic mass is 32.1. The number of nitrogens with one attached hydrogen (secondary N) is 1. The van der Waals surface area contributed by atoms with E-state index in [0.29, 0.717) is 0 Å². The van der Waals surface area contributed by atoms with E-state index in [9.17, 15) is 0 Å². The molecule has 2 rings (SSSR count). The Morgan fingerprint density at radius 1 is 1.56 bits per heavy atom. The van der Waals surface area contributed by atoms with Gasteiger partial charge >= 0.3 is 0 Å². The van der Waals surface area contributed by atoms with Crippen LogP contribution in [0.1, 0.15) is 42.8 Å². The van der Waals surface area contributed by atoms with Crippen LogP contribution in [-0.2, 0) is 11.3 Å². The standard InChI is InChI=1S/C12H20N2OS/c1-2-15-7-3-6-13-8-11-9-16-12(14-11)10-4-5-10/h9-10,13H,2-8H2,1H3. The van der Waals surface area contributed by atoms with E-state index in [1.165, 1.54) is 23.5 Å². The van der Waals surface area contributed by atoms with Gasteiger partial charge in [-0.25, -0.2) is 4.98 Å². The van der Waals surface area contributed by atoms with Crippen LogP contribution in [0, 0.1) is 0 Å². The van der Waals surface area contributed by atoms with Crippen LogP contribution >= 0.6 is 11.3 Å². The van der Waals surface area contributed by atoms with Crippen LogP contribution in [-0.4, -0.2) is 24.7 Å². The maximum Gasteiger partial charge on any atom is 0.0959 e. The number of nitrogens with zero attached hydrogens (tertiary/aromatic N) is 1. The van der Waals surface area contributed by atoms with E-state index in [1.807, 2.05) is 18.3 Å². The molecule has 1 aliphatic rings. The Morgan fingerprint density at radius 3 is 3.19 bits per heavy atom. The third-order valence-electron chi connectivity index (χ3n) is 2.65. The summed E-state index contributed by atoms with van der Waals surface area (Å²) in [5.74, 6) is 0.789. The Kier molecular flexibility index (Phi) is 4.75. The van der Waals surface area contributed by atoms with Crippen molar-refractivity contribution in [2.75, 3.05) is 19.8 Å². The SMILES string of the molecule is CCOCCCNCc1csc(C2CC2)n1. The van der Waals surface area contributed by atoms with Crippen LogP contribution in [0.15, 0.2) is 5.38 Å². The molecule has 4 heteroatoms. The second-order valence-electron chi connectivity index (χ2n) is 4.18. The molecule has 0 saturated heterocycles. The summed E-state index contributed by atoms with van der Waals surface area (Å²) in [5, 5.41) is 6.92. The van der Waals surface area contributed by atoms with Crippen LogP contribution in [0.3, 0.4) is 0 Å². The van der Waals surface area contributed by atoms with Gasteiger partial charge in [0.1, 0.15) is 0 Å². The van der Waals surface area contributed by atoms with Gasteiger partial charge in [-0.1, -0.05) is 0 Å². The summed E-state index contributed by atoms with van der Waals surface area (Å²) in [6, 6.07) is 0. The maximum atomic E-state index is 5.28. The van der Waals surface area contributed by atoms with Gasteiger partial charge in [-0.3, -0.25) is 0 Å². The van der Waals surface area contributed by atoms with Gasteiger partial charge in [0.2, 0.25) is 0 Å². The second-order valence-corrected chi connectivity index (χ2v) is 5.07. The highest BCUT2D eigenvalue weighted by molar-refractivity contribution is 7.09. The Morgan fingerprint density at radius 2 is 2.44 bits per heavy atom. The summed E-state index contributed by atoms with van der Waals surface area (Å²) in [5.41, 5.74) is 1.20. The van der Waals surface area contributed by atoms with E-state index in [4.69, 9.17) is 4.74 Å². The first-order valence-electron chi connectivity index (χ1n) is 6.13. The van der Waals surface area contributed by atoms with E-state index in [0.717, 1.165) is 38.6 Å². The zero-order valence-electron chi connectivity index (χ0n) is 9.87. The van der Waals surface area contributed by atoms with Crippen molar-refractivity contribution in [2.45, 2.75) is 38.6 Å². The lowest BCUT2D eigenvalue weighted by Crippen LogP contribution is -2.16. The lowest BCUT2D eigenvalue weighted by Gasteiger charge is -2.02. The van der Waals surface area contributed by atoms with Gasteiger partial charge in [0, 0.05) is 31.1 Å². The summed E-state index contributed by atoms with van der Waals surface area (Å²) < 4.78 is 5.28. The summed E-state index contributed by atoms with van der Waals surface area (Å²) in [6.45, 7) is 5.61. The van der Waals surface area contributed by atoms with Gasteiger partial charge in [-0.15, -0.1) is 11.3 Å². The van der Waals surface area contributed by atoms with Crippen molar-refractivity contribution in [3.8, 4) is 0 Å². The van der Waals surface area contributed by atoms with Crippen LogP contribution < -0.4 is 5.32 Å². The van der Waals surface area contributed by atoms with E-state index >= 15 is 0 Å². The van der Waals surface area contributed by atoms with Crippen molar-refractivity contribution in [3.05, 3.63) is 16.1 Å². The molecule has 1 heterocycles. The Balaban J connectivity index is 1.57. The molecular formula is C12H20N2OS. The molecule has 1 aromatic heterocycles. The van der Waals surface area contributed by atoms with E-state index < -0.39 is 0 Å². The highest BCUT2D eigenvalue weighted by Crippen LogP contribution is 2.41. The first-order chi connectivity index (χ1) is 7.90. The minimum atomic E-state index is 0.789. The average molecular weight is 240 g/mol. The molecule has 0 aromatic carbocycles. The number of hydrogen-bond acceptors (Lipinski definition) is 4. The number of aromatic nitrogens is 1. The summed E-state index contributed by atoms with van der Waals surface area (Å²) in [6.07, 6.45) is 3.76. The second kappa shape index (κ2) is 6.33. The fourth-order valence-electron chi connectivity index (χ4n) is 1.58. The van der Waals surface area contributed by atoms with Crippen molar-refractivity contribution in [1.82, 2.24) is 10.3 Å². The molecule has 1 saturated carbocycles. The molecule has 0 bridgehead atoms. The summed E-state index contributed by atoms with van der Waals surface area (Å²) >= 11 is 1.82. The monoisotopic (exact) mass is 240 g/mol. The van der Waals surface area contributed by atoms with Gasteiger partial charge in [-0.05, 0) is 32.7 Å². The van der Waals surface area contributed by atoms with Crippen LogP contribution in [0.25, 0.3) is 0 Å². The van der Waals surface area contributed by atoms with Gasteiger partial charge in [0.05, 0.1) is 10.7 Å². The molecular weight excluding hydrogens is 220 g/mol. The first-order valence-corrected chi connectivity index (χ1v) is 7.01. The van der Waals surface area contributed by atoms with E-state index in [1.54, 1.807) is 0 Å². The van der Waals surface area contributed by atoms with Gasteiger partial charge < -0.3 is 10.1 Å². The van der Waals surface area contributed by atoms with Crippen molar-refractivity contribution in [3.63, 3.8) is 0 Å². The first kappa shape index (κ1) is 12.0. The van der Waals surface area contributed by atoms with Crippen LogP contribution in [0.2, 0.25) is 0 Å². The molecule has 0 amide bonds. The lowest BCUT2D eigenvalue weighted by atomic mass is 10.4. The molecule has 0 unspecified atom stereocenters. The predicted molar refractivity (Wildman–Crippen MR) is 66.9 cm³/mol. The number of thiazole rings is 1. The molecule has 1 fully saturated rings. The number of hydrogen-bond donors (Lipinski definition) is 1. The van der Waals surface area contributed by atoms with Crippen molar-refractivity contribution in [2.24, 2.45) is 0 Å². The fraction of sp³-hybridized carbons (Fsp3) is 0.750. The number of ether oxygens (including phenoxy) is 1. The predicted octanol–water partition coefficient (Wildman–Crippen LogP) is 2.54. The van der Waals surface area contributed by atoms with Crippen molar-refractivity contribution in [1.29, 1.82) is 0 Å². The topological polar surface area (TPSA) is 34.1 Å². The molecule has 1 aromatic rings. The largest absolute Gasteiger partial charge is 0.382 e. The zero-order chi connectivity index (χ0) is 11.2. The molecule has 3 nitrogen and oxygen atoms in total. The molecule has 0 aliphatic heterocycles. The molecule has 1 aliphatic carbocycles. The Bertz CT molecular complexity index is 310. The lowest BCUT2D eigenvalue weighted by molar-refractivity contribution is 0.144. The van der Waals surface area contributed by atoms with Crippen molar-refractivity contribution >= 4 is 11.3 Å². The molecule has 0 radical (unpaired) electrons. The third-order valence-corrected chi connectivity index (χ3v) is 3.70. The Hall–Kier alpha value is -0.450.